The third kappa shape index (κ3) is 1.51. The molecule has 0 bridgehead atoms. The molecule has 2 unspecified atom stereocenters. The number of carbonyl (C=O) groups is 1. The number of hydrogen-bond acceptors (Lipinski definition) is 3. The van der Waals surface area contributed by atoms with Crippen LogP contribution in [0.15, 0.2) is 24.2 Å². The van der Waals surface area contributed by atoms with Gasteiger partial charge in [0.05, 0.1) is 6.85 Å². The highest BCUT2D eigenvalue weighted by atomic mass is 16.5. The Morgan fingerprint density at radius 2 is 2.36 bits per heavy atom. The maximum absolute atomic E-state index is 12.0. The molecule has 3 nitrogen and oxygen atoms in total. The lowest BCUT2D eigenvalue weighted by Crippen LogP contribution is -2.42. The molecule has 3 heteroatoms. The van der Waals surface area contributed by atoms with Gasteiger partial charge in [-0.1, -0.05) is 18.1 Å². The van der Waals surface area contributed by atoms with E-state index in [1.165, 1.54) is 19.0 Å². The topological polar surface area (TPSA) is 29.5 Å². The second kappa shape index (κ2) is 3.42. The zero-order valence-corrected chi connectivity index (χ0v) is 7.84. The Morgan fingerprint density at radius 3 is 3.07 bits per heavy atom. The average Bonchev–Trinajstić information content (AvgIpc) is 2.39. The van der Waals surface area contributed by atoms with Crippen LogP contribution >= 0.6 is 0 Å². The number of ether oxygens (including phenoxy) is 1. The minimum atomic E-state index is -2.05. The Bertz CT molecular complexity index is 605. The molecule has 1 aliphatic heterocycles. The third-order valence-corrected chi connectivity index (χ3v) is 1.85. The molecule has 0 radical (unpaired) electrons. The van der Waals surface area contributed by atoms with Crippen LogP contribution in [0.25, 0.3) is 0 Å². The molecule has 2 atom stereocenters. The van der Waals surface area contributed by atoms with Crippen molar-refractivity contribution in [3.8, 4) is 5.75 Å². The van der Waals surface area contributed by atoms with Crippen molar-refractivity contribution in [2.24, 2.45) is 0 Å². The molecule has 0 spiro atoms. The van der Waals surface area contributed by atoms with E-state index >= 15 is 0 Å². The first-order chi connectivity index (χ1) is 9.13. The third-order valence-electron chi connectivity index (χ3n) is 1.85. The van der Waals surface area contributed by atoms with E-state index in [2.05, 4.69) is 0 Å². The minimum Gasteiger partial charge on any atom is -0.425 e. The number of hydrogen-bond donors (Lipinski definition) is 0. The maximum atomic E-state index is 12.0. The van der Waals surface area contributed by atoms with Gasteiger partial charge in [0, 0.05) is 7.77 Å². The quantitative estimate of drug-likeness (QED) is 0.498. The monoisotopic (exact) mass is 197 g/mol. The van der Waals surface area contributed by atoms with Crippen LogP contribution in [0, 0.1) is 0 Å². The zero-order chi connectivity index (χ0) is 15.4. The lowest BCUT2D eigenvalue weighted by molar-refractivity contribution is -0.140. The number of nitrogens with zero attached hydrogens (tertiary/aromatic N) is 1. The molecule has 0 N–H and O–H groups in total. The Morgan fingerprint density at radius 1 is 1.64 bits per heavy atom. The Hall–Kier alpha value is -1.35. The molecule has 2 rings (SSSR count). The van der Waals surface area contributed by atoms with Crippen LogP contribution in [-0.2, 0) is 11.2 Å². The second-order valence-corrected chi connectivity index (χ2v) is 3.06. The average molecular weight is 197 g/mol. The summed E-state index contributed by atoms with van der Waals surface area (Å²) in [6, 6.07) is -4.05. The largest absolute Gasteiger partial charge is 0.425 e. The first kappa shape index (κ1) is 4.45. The van der Waals surface area contributed by atoms with Crippen molar-refractivity contribution in [3.05, 3.63) is 29.7 Å². The number of para-hydroxylation sites is 1. The molecule has 0 saturated heterocycles. The van der Waals surface area contributed by atoms with Crippen molar-refractivity contribution in [2.75, 3.05) is 14.1 Å². The molecule has 0 aromatic heterocycles. The fraction of sp³-hybridized carbons (Fsp3) is 0.364. The van der Waals surface area contributed by atoms with E-state index in [0.717, 1.165) is 0 Å². The molecule has 0 fully saturated rings. The highest BCUT2D eigenvalue weighted by Gasteiger charge is 2.29. The van der Waals surface area contributed by atoms with Gasteiger partial charge in [-0.15, -0.1) is 0 Å². The van der Waals surface area contributed by atoms with E-state index in [4.69, 9.17) is 13.0 Å². The molecule has 74 valence electrons. The summed E-state index contributed by atoms with van der Waals surface area (Å²) in [6.45, 7) is 0. The normalized spacial score (nSPS) is 37.1. The van der Waals surface area contributed by atoms with Crippen LogP contribution in [0.5, 0.6) is 5.75 Å². The number of esters is 1. The van der Waals surface area contributed by atoms with Crippen LogP contribution in [0.4, 0.5) is 0 Å². The minimum absolute atomic E-state index is 0.167. The van der Waals surface area contributed by atoms with Crippen LogP contribution in [0.3, 0.4) is 0 Å². The lowest BCUT2D eigenvalue weighted by Gasteiger charge is -2.27. The summed E-state index contributed by atoms with van der Waals surface area (Å²) in [7, 11) is 2.87. The molecule has 1 aliphatic rings. The van der Waals surface area contributed by atoms with Crippen molar-refractivity contribution in [2.45, 2.75) is 12.4 Å². The van der Waals surface area contributed by atoms with Crippen molar-refractivity contribution in [3.63, 3.8) is 0 Å². The summed E-state index contributed by atoms with van der Waals surface area (Å²) in [6.07, 6.45) is -1.49. The zero-order valence-electron chi connectivity index (χ0n) is 13.8. The van der Waals surface area contributed by atoms with Gasteiger partial charge in [-0.2, -0.15) is 0 Å². The van der Waals surface area contributed by atoms with Gasteiger partial charge >= 0.3 is 5.97 Å². The number of carbonyl (C=O) groups excluding carboxylic acids is 1. The summed E-state index contributed by atoms with van der Waals surface area (Å²) >= 11 is 0. The van der Waals surface area contributed by atoms with E-state index in [1.54, 1.807) is 0 Å². The van der Waals surface area contributed by atoms with Gasteiger partial charge in [-0.25, -0.2) is 4.79 Å². The summed E-state index contributed by atoms with van der Waals surface area (Å²) in [4.78, 5) is 13.2. The fourth-order valence-corrected chi connectivity index (χ4v) is 1.15. The molecule has 14 heavy (non-hydrogen) atoms. The number of likely N-dealkylation sites (N-methyl/N-ethyl adjacent to an activating group) is 1. The molecule has 1 aromatic rings. The highest BCUT2D eigenvalue weighted by molar-refractivity contribution is 5.81. The number of fused-ring (bicyclic) bond motifs is 1. The van der Waals surface area contributed by atoms with Gasteiger partial charge in [-0.05, 0) is 25.7 Å². The van der Waals surface area contributed by atoms with Gasteiger partial charge in [0.2, 0.25) is 0 Å². The van der Waals surface area contributed by atoms with Crippen molar-refractivity contribution in [1.29, 1.82) is 0 Å². The summed E-state index contributed by atoms with van der Waals surface area (Å²) in [5.74, 6) is -1.38. The van der Waals surface area contributed by atoms with Crippen molar-refractivity contribution < 1.29 is 17.8 Å². The van der Waals surface area contributed by atoms with E-state index in [-0.39, 0.29) is 11.3 Å². The molecule has 0 saturated carbocycles. The smallest absolute Gasteiger partial charge is 0.329 e. The Labute approximate surface area is 91.7 Å². The van der Waals surface area contributed by atoms with E-state index < -0.39 is 42.6 Å². The van der Waals surface area contributed by atoms with E-state index in [1.807, 2.05) is 0 Å². The van der Waals surface area contributed by atoms with E-state index in [0.29, 0.717) is 0 Å². The van der Waals surface area contributed by atoms with Gasteiger partial charge in [0.25, 0.3) is 0 Å². The summed E-state index contributed by atoms with van der Waals surface area (Å²) in [5, 5.41) is 0. The van der Waals surface area contributed by atoms with Crippen LogP contribution in [-0.4, -0.2) is 31.0 Å². The van der Waals surface area contributed by atoms with Crippen LogP contribution in [0.1, 0.15) is 13.8 Å². The first-order valence-electron chi connectivity index (χ1n) is 7.14. The molecular formula is C11H13NO2. The van der Waals surface area contributed by atoms with Gasteiger partial charge in [0.15, 0.2) is 0 Å². The van der Waals surface area contributed by atoms with Crippen LogP contribution < -0.4 is 4.74 Å². The van der Waals surface area contributed by atoms with Crippen molar-refractivity contribution >= 4 is 5.97 Å². The lowest BCUT2D eigenvalue weighted by atomic mass is 10.0. The molecule has 0 amide bonds. The molecule has 1 aromatic carbocycles. The number of rotatable bonds is 1. The summed E-state index contributed by atoms with van der Waals surface area (Å²) in [5.41, 5.74) is -0.167. The molecule has 1 heterocycles. The second-order valence-electron chi connectivity index (χ2n) is 3.06. The SMILES string of the molecule is [2H]c1c([2H])c([2H])c2c(c1[2H])OC(=O)C([2H])(N(C)C)C2[2H]. The van der Waals surface area contributed by atoms with Crippen molar-refractivity contribution in [1.82, 2.24) is 4.90 Å². The predicted molar refractivity (Wildman–Crippen MR) is 53.3 cm³/mol. The van der Waals surface area contributed by atoms with Crippen LogP contribution in [0.2, 0.25) is 0 Å². The maximum Gasteiger partial charge on any atom is 0.329 e. The van der Waals surface area contributed by atoms with Gasteiger partial charge < -0.3 is 4.74 Å². The number of benzene rings is 1. The molecule has 0 aliphatic carbocycles. The van der Waals surface area contributed by atoms with Gasteiger partial charge in [0.1, 0.15) is 11.8 Å². The first-order valence-corrected chi connectivity index (χ1v) is 4.06. The van der Waals surface area contributed by atoms with E-state index in [9.17, 15) is 4.79 Å². The fourth-order valence-electron chi connectivity index (χ4n) is 1.15. The molecular weight excluding hydrogens is 178 g/mol. The summed E-state index contributed by atoms with van der Waals surface area (Å²) < 4.78 is 51.8. The Kier molecular flexibility index (Phi) is 1.09. The van der Waals surface area contributed by atoms with Gasteiger partial charge in [-0.3, -0.25) is 4.90 Å². The Balaban J connectivity index is 2.78. The standard InChI is InChI=1S/C11H13NO2/c1-12(2)9-7-8-5-3-4-6-10(8)14-11(9)13/h3-6,9H,7H2,1-2H3/i3D,4D,5D,6D,7D,9D. The highest BCUT2D eigenvalue weighted by Crippen LogP contribution is 2.25. The predicted octanol–water partition coefficient (Wildman–Crippen LogP) is 1.08.